The third-order valence-electron chi connectivity index (χ3n) is 5.76. The number of hydrogen-bond acceptors (Lipinski definition) is 4. The van der Waals surface area contributed by atoms with E-state index in [0.29, 0.717) is 5.56 Å². The fraction of sp³-hybridized carbons (Fsp3) is 0.296. The molecule has 0 aliphatic rings. The number of aliphatic carboxylic acids is 1. The highest BCUT2D eigenvalue weighted by molar-refractivity contribution is 7.90. The number of nitrogens with one attached hydrogen (secondary N) is 1. The summed E-state index contributed by atoms with van der Waals surface area (Å²) in [6.07, 6.45) is -4.30. The molecule has 0 saturated heterocycles. The molecule has 0 aliphatic heterocycles. The summed E-state index contributed by atoms with van der Waals surface area (Å²) in [4.78, 5) is 11.7. The number of benzene rings is 3. The Bertz CT molecular complexity index is 1330. The SMILES string of the molecule is CC(C)(F)C[C@H](N[C@@H](c1ccc(-c2ccc(-c3ccc(S(C)(=O)=O)cc3)cc2)cc1)C(F)(F)F)C(=O)O. The van der Waals surface area contributed by atoms with Gasteiger partial charge < -0.3 is 5.11 Å². The van der Waals surface area contributed by atoms with Gasteiger partial charge in [0.2, 0.25) is 0 Å². The number of hydrogen-bond donors (Lipinski definition) is 2. The van der Waals surface area contributed by atoms with Crippen molar-refractivity contribution in [2.75, 3.05) is 6.26 Å². The van der Waals surface area contributed by atoms with Crippen LogP contribution < -0.4 is 5.32 Å². The van der Waals surface area contributed by atoms with Crippen molar-refractivity contribution >= 4 is 15.8 Å². The van der Waals surface area contributed by atoms with E-state index >= 15 is 0 Å². The molecule has 3 aromatic rings. The number of carbonyl (C=O) groups is 1. The Morgan fingerprint density at radius 2 is 1.19 bits per heavy atom. The molecule has 198 valence electrons. The lowest BCUT2D eigenvalue weighted by atomic mass is 9.96. The van der Waals surface area contributed by atoms with Gasteiger partial charge in [0.1, 0.15) is 17.8 Å². The van der Waals surface area contributed by atoms with Crippen LogP contribution in [0.1, 0.15) is 31.9 Å². The fourth-order valence-corrected chi connectivity index (χ4v) is 4.53. The second-order valence-electron chi connectivity index (χ2n) is 9.45. The van der Waals surface area contributed by atoms with Gasteiger partial charge in [-0.05, 0) is 53.8 Å². The van der Waals surface area contributed by atoms with E-state index in [-0.39, 0.29) is 10.5 Å². The van der Waals surface area contributed by atoms with Crippen LogP contribution in [0.25, 0.3) is 22.3 Å². The van der Waals surface area contributed by atoms with Crippen LogP contribution in [0.3, 0.4) is 0 Å². The van der Waals surface area contributed by atoms with Crippen molar-refractivity contribution in [2.45, 2.75) is 49.1 Å². The van der Waals surface area contributed by atoms with Crippen LogP contribution in [0.5, 0.6) is 0 Å². The summed E-state index contributed by atoms with van der Waals surface area (Å²) >= 11 is 0. The van der Waals surface area contributed by atoms with E-state index in [2.05, 4.69) is 5.32 Å². The predicted octanol–water partition coefficient (Wildman–Crippen LogP) is 6.21. The third-order valence-corrected chi connectivity index (χ3v) is 6.89. The lowest BCUT2D eigenvalue weighted by Gasteiger charge is -2.28. The zero-order chi connectivity index (χ0) is 27.6. The zero-order valence-electron chi connectivity index (χ0n) is 20.4. The monoisotopic (exact) mass is 537 g/mol. The highest BCUT2D eigenvalue weighted by Gasteiger charge is 2.43. The summed E-state index contributed by atoms with van der Waals surface area (Å²) < 4.78 is 78.6. The molecule has 0 fully saturated rings. The van der Waals surface area contributed by atoms with E-state index < -0.39 is 46.2 Å². The number of carboxylic acid groups (broad SMARTS) is 1. The molecule has 2 N–H and O–H groups in total. The first-order valence-corrected chi connectivity index (χ1v) is 13.2. The number of halogens is 4. The van der Waals surface area contributed by atoms with Gasteiger partial charge in [-0.2, -0.15) is 13.2 Å². The standard InChI is InChI=1S/C27H27F4NO4S/c1-26(2,28)16-23(25(33)34)32-24(27(29,30)31)21-10-8-19(9-11-21)17-4-6-18(7-5-17)20-12-14-22(15-13-20)37(3,35)36/h4-15,23-24,32H,16H2,1-3H3,(H,33,34)/t23-,24-/m0/s1. The topological polar surface area (TPSA) is 83.5 Å². The number of alkyl halides is 4. The highest BCUT2D eigenvalue weighted by atomic mass is 32.2. The number of carboxylic acids is 1. The number of sulfone groups is 1. The first-order chi connectivity index (χ1) is 17.0. The van der Waals surface area contributed by atoms with Crippen LogP contribution in [0.2, 0.25) is 0 Å². The third kappa shape index (κ3) is 7.62. The molecule has 0 heterocycles. The molecule has 0 bridgehead atoms. The summed E-state index contributed by atoms with van der Waals surface area (Å²) in [6.45, 7) is 2.22. The van der Waals surface area contributed by atoms with Crippen molar-refractivity contribution < 1.29 is 35.9 Å². The summed E-state index contributed by atoms with van der Waals surface area (Å²) in [5.74, 6) is -1.57. The van der Waals surface area contributed by atoms with Gasteiger partial charge >= 0.3 is 12.1 Å². The predicted molar refractivity (Wildman–Crippen MR) is 134 cm³/mol. The van der Waals surface area contributed by atoms with E-state index in [0.717, 1.165) is 36.8 Å². The summed E-state index contributed by atoms with van der Waals surface area (Å²) in [7, 11) is -3.30. The van der Waals surface area contributed by atoms with E-state index in [9.17, 15) is 35.9 Å². The molecular formula is C27H27F4NO4S. The van der Waals surface area contributed by atoms with Gasteiger partial charge in [0.15, 0.2) is 9.84 Å². The maximum Gasteiger partial charge on any atom is 0.407 e. The molecule has 0 saturated carbocycles. The Labute approximate surface area is 213 Å². The zero-order valence-corrected chi connectivity index (χ0v) is 21.2. The molecule has 5 nitrogen and oxygen atoms in total. The Morgan fingerprint density at radius 3 is 1.51 bits per heavy atom. The first kappa shape index (κ1) is 28.3. The Balaban J connectivity index is 1.82. The van der Waals surface area contributed by atoms with Gasteiger partial charge in [-0.1, -0.05) is 60.7 Å². The molecule has 0 amide bonds. The minimum absolute atomic E-state index is 0.193. The quantitative estimate of drug-likeness (QED) is 0.317. The minimum atomic E-state index is -4.80. The smallest absolute Gasteiger partial charge is 0.407 e. The molecule has 0 aromatic heterocycles. The Morgan fingerprint density at radius 1 is 0.811 bits per heavy atom. The molecule has 3 aromatic carbocycles. The molecule has 0 unspecified atom stereocenters. The summed E-state index contributed by atoms with van der Waals surface area (Å²) in [6, 6.07) is 15.1. The lowest BCUT2D eigenvalue weighted by Crippen LogP contribution is -2.47. The fourth-order valence-electron chi connectivity index (χ4n) is 3.90. The molecular weight excluding hydrogens is 510 g/mol. The van der Waals surface area contributed by atoms with Crippen molar-refractivity contribution in [1.82, 2.24) is 5.32 Å². The maximum absolute atomic E-state index is 14.0. The van der Waals surface area contributed by atoms with E-state index in [1.54, 1.807) is 24.3 Å². The molecule has 3 rings (SSSR count). The molecule has 10 heteroatoms. The Kier molecular flexibility index (Phi) is 8.14. The first-order valence-electron chi connectivity index (χ1n) is 11.3. The van der Waals surface area contributed by atoms with Crippen molar-refractivity contribution in [3.63, 3.8) is 0 Å². The Hall–Kier alpha value is -3.24. The summed E-state index contributed by atoms with van der Waals surface area (Å²) in [5.41, 5.74) is 0.847. The molecule has 37 heavy (non-hydrogen) atoms. The van der Waals surface area contributed by atoms with Crippen molar-refractivity contribution in [3.8, 4) is 22.3 Å². The van der Waals surface area contributed by atoms with Crippen LogP contribution in [0.4, 0.5) is 17.6 Å². The van der Waals surface area contributed by atoms with Gasteiger partial charge in [0.05, 0.1) is 4.90 Å². The van der Waals surface area contributed by atoms with E-state index in [1.165, 1.54) is 36.4 Å². The van der Waals surface area contributed by atoms with Crippen LogP contribution >= 0.6 is 0 Å². The largest absolute Gasteiger partial charge is 0.480 e. The van der Waals surface area contributed by atoms with Crippen molar-refractivity contribution in [2.24, 2.45) is 0 Å². The average Bonchev–Trinajstić information content (AvgIpc) is 2.80. The van der Waals surface area contributed by atoms with Gasteiger partial charge in [-0.3, -0.25) is 10.1 Å². The lowest BCUT2D eigenvalue weighted by molar-refractivity contribution is -0.164. The van der Waals surface area contributed by atoms with Crippen LogP contribution in [0.15, 0.2) is 77.7 Å². The molecule has 0 radical (unpaired) electrons. The average molecular weight is 538 g/mol. The van der Waals surface area contributed by atoms with Crippen molar-refractivity contribution in [3.05, 3.63) is 78.4 Å². The van der Waals surface area contributed by atoms with Gasteiger partial charge in [0.25, 0.3) is 0 Å². The van der Waals surface area contributed by atoms with Gasteiger partial charge in [-0.25, -0.2) is 12.8 Å². The van der Waals surface area contributed by atoms with Gasteiger partial charge in [0, 0.05) is 12.7 Å². The van der Waals surface area contributed by atoms with Gasteiger partial charge in [-0.15, -0.1) is 0 Å². The second-order valence-corrected chi connectivity index (χ2v) is 11.5. The number of rotatable bonds is 9. The molecule has 0 aliphatic carbocycles. The van der Waals surface area contributed by atoms with Crippen LogP contribution in [-0.2, 0) is 14.6 Å². The van der Waals surface area contributed by atoms with E-state index in [4.69, 9.17) is 0 Å². The summed E-state index contributed by atoms with van der Waals surface area (Å²) in [5, 5.41) is 11.4. The molecule has 0 spiro atoms. The van der Waals surface area contributed by atoms with Crippen molar-refractivity contribution in [1.29, 1.82) is 0 Å². The van der Waals surface area contributed by atoms with Crippen LogP contribution in [-0.4, -0.2) is 43.6 Å². The highest BCUT2D eigenvalue weighted by Crippen LogP contribution is 2.35. The molecule has 2 atom stereocenters. The van der Waals surface area contributed by atoms with E-state index in [1.807, 2.05) is 12.1 Å². The second kappa shape index (κ2) is 10.6. The van der Waals surface area contributed by atoms with Crippen LogP contribution in [0, 0.1) is 0 Å². The maximum atomic E-state index is 14.0. The normalized spacial score (nSPS) is 14.2. The minimum Gasteiger partial charge on any atom is -0.480 e.